The molecular formula is C15H10F3NO2. The number of hydrogen-bond acceptors (Lipinski definition) is 2. The number of alkyl halides is 3. The number of nitro benzene ring substituents is 1. The second-order valence-electron chi connectivity index (χ2n) is 4.30. The van der Waals surface area contributed by atoms with Crippen molar-refractivity contribution in [2.75, 3.05) is 0 Å². The second-order valence-corrected chi connectivity index (χ2v) is 4.30. The molecule has 0 aliphatic heterocycles. The van der Waals surface area contributed by atoms with Crippen molar-refractivity contribution in [3.05, 3.63) is 75.3 Å². The van der Waals surface area contributed by atoms with Gasteiger partial charge < -0.3 is 0 Å². The average Bonchev–Trinajstić information content (AvgIpc) is 2.45. The van der Waals surface area contributed by atoms with Gasteiger partial charge in [-0.2, -0.15) is 13.2 Å². The van der Waals surface area contributed by atoms with Gasteiger partial charge in [0.15, 0.2) is 0 Å². The highest BCUT2D eigenvalue weighted by Crippen LogP contribution is 2.29. The van der Waals surface area contributed by atoms with Gasteiger partial charge in [-0.1, -0.05) is 24.3 Å². The van der Waals surface area contributed by atoms with E-state index in [9.17, 15) is 23.3 Å². The molecule has 0 aliphatic carbocycles. The molecule has 0 unspecified atom stereocenters. The standard InChI is InChI=1S/C15H10F3NO2/c16-15(17,18)13-7-3-11(4-8-13)1-2-12-5-9-14(10-6-12)19(20)21/h1-10H/b2-1+. The highest BCUT2D eigenvalue weighted by atomic mass is 19.4. The molecule has 0 aliphatic rings. The van der Waals surface area contributed by atoms with Gasteiger partial charge in [0.2, 0.25) is 0 Å². The van der Waals surface area contributed by atoms with Crippen LogP contribution in [-0.2, 0) is 6.18 Å². The van der Waals surface area contributed by atoms with Crippen LogP contribution in [0.1, 0.15) is 16.7 Å². The monoisotopic (exact) mass is 293 g/mol. The number of hydrogen-bond donors (Lipinski definition) is 0. The molecule has 0 aromatic heterocycles. The Morgan fingerprint density at radius 1 is 0.857 bits per heavy atom. The first kappa shape index (κ1) is 14.8. The predicted octanol–water partition coefficient (Wildman–Crippen LogP) is 4.78. The van der Waals surface area contributed by atoms with E-state index in [1.54, 1.807) is 24.3 Å². The SMILES string of the molecule is O=[N+]([O-])c1ccc(/C=C/c2ccc(C(F)(F)F)cc2)cc1. The van der Waals surface area contributed by atoms with Crippen molar-refractivity contribution in [3.8, 4) is 0 Å². The Morgan fingerprint density at radius 2 is 1.29 bits per heavy atom. The van der Waals surface area contributed by atoms with Crippen molar-refractivity contribution in [1.29, 1.82) is 0 Å². The number of rotatable bonds is 3. The lowest BCUT2D eigenvalue weighted by Gasteiger charge is -2.05. The normalized spacial score (nSPS) is 11.8. The van der Waals surface area contributed by atoms with Crippen molar-refractivity contribution >= 4 is 17.8 Å². The molecule has 0 N–H and O–H groups in total. The molecular weight excluding hydrogens is 283 g/mol. The van der Waals surface area contributed by atoms with Crippen LogP contribution in [0.25, 0.3) is 12.2 Å². The minimum Gasteiger partial charge on any atom is -0.258 e. The summed E-state index contributed by atoms with van der Waals surface area (Å²) < 4.78 is 37.2. The zero-order chi connectivity index (χ0) is 15.5. The van der Waals surface area contributed by atoms with Crippen molar-refractivity contribution in [3.63, 3.8) is 0 Å². The Bertz CT molecular complexity index is 659. The van der Waals surface area contributed by atoms with Gasteiger partial charge in [-0.05, 0) is 35.4 Å². The number of benzene rings is 2. The maximum atomic E-state index is 12.4. The fourth-order valence-corrected chi connectivity index (χ4v) is 1.68. The number of halogens is 3. The van der Waals surface area contributed by atoms with Crippen molar-refractivity contribution in [2.45, 2.75) is 6.18 Å². The summed E-state index contributed by atoms with van der Waals surface area (Å²) in [6, 6.07) is 10.6. The van der Waals surface area contributed by atoms with E-state index >= 15 is 0 Å². The van der Waals surface area contributed by atoms with E-state index in [4.69, 9.17) is 0 Å². The lowest BCUT2D eigenvalue weighted by Crippen LogP contribution is -2.03. The summed E-state index contributed by atoms with van der Waals surface area (Å²) in [5.41, 5.74) is 0.624. The Balaban J connectivity index is 2.12. The second kappa shape index (κ2) is 5.78. The molecule has 0 fully saturated rings. The molecule has 21 heavy (non-hydrogen) atoms. The zero-order valence-corrected chi connectivity index (χ0v) is 10.7. The van der Waals surface area contributed by atoms with E-state index in [0.29, 0.717) is 5.56 Å². The van der Waals surface area contributed by atoms with E-state index in [0.717, 1.165) is 17.7 Å². The Morgan fingerprint density at radius 3 is 1.67 bits per heavy atom. The number of non-ortho nitro benzene ring substituents is 1. The third-order valence-corrected chi connectivity index (χ3v) is 2.81. The Hall–Kier alpha value is -2.63. The first-order valence-corrected chi connectivity index (χ1v) is 5.96. The average molecular weight is 293 g/mol. The van der Waals surface area contributed by atoms with Gasteiger partial charge in [0.25, 0.3) is 5.69 Å². The molecule has 3 nitrogen and oxygen atoms in total. The van der Waals surface area contributed by atoms with Gasteiger partial charge >= 0.3 is 6.18 Å². The summed E-state index contributed by atoms with van der Waals surface area (Å²) >= 11 is 0. The van der Waals surface area contributed by atoms with Gasteiger partial charge in [0, 0.05) is 12.1 Å². The minimum absolute atomic E-state index is 0.0123. The molecule has 2 aromatic rings. The number of nitrogens with zero attached hydrogens (tertiary/aromatic N) is 1. The fourth-order valence-electron chi connectivity index (χ4n) is 1.68. The maximum absolute atomic E-state index is 12.4. The van der Waals surface area contributed by atoms with Gasteiger partial charge in [-0.3, -0.25) is 10.1 Å². The van der Waals surface area contributed by atoms with Crippen LogP contribution in [0.4, 0.5) is 18.9 Å². The van der Waals surface area contributed by atoms with Gasteiger partial charge in [-0.15, -0.1) is 0 Å². The fraction of sp³-hybridized carbons (Fsp3) is 0.0667. The summed E-state index contributed by atoms with van der Waals surface area (Å²) in [5.74, 6) is 0. The molecule has 0 atom stereocenters. The molecule has 0 radical (unpaired) electrons. The first-order chi connectivity index (χ1) is 9.86. The summed E-state index contributed by atoms with van der Waals surface area (Å²) in [6.07, 6.45) is -1.03. The van der Waals surface area contributed by atoms with Crippen LogP contribution in [0.3, 0.4) is 0 Å². The van der Waals surface area contributed by atoms with Crippen LogP contribution in [-0.4, -0.2) is 4.92 Å². The molecule has 108 valence electrons. The zero-order valence-electron chi connectivity index (χ0n) is 10.7. The molecule has 0 amide bonds. The molecule has 6 heteroatoms. The van der Waals surface area contributed by atoms with E-state index in [-0.39, 0.29) is 5.69 Å². The molecule has 2 aromatic carbocycles. The summed E-state index contributed by atoms with van der Waals surface area (Å²) in [7, 11) is 0. The van der Waals surface area contributed by atoms with Crippen LogP contribution >= 0.6 is 0 Å². The van der Waals surface area contributed by atoms with Gasteiger partial charge in [-0.25, -0.2) is 0 Å². The van der Waals surface area contributed by atoms with E-state index < -0.39 is 16.7 Å². The number of nitro groups is 1. The third kappa shape index (κ3) is 3.92. The van der Waals surface area contributed by atoms with E-state index in [1.807, 2.05) is 0 Å². The third-order valence-electron chi connectivity index (χ3n) is 2.81. The molecule has 0 saturated heterocycles. The van der Waals surface area contributed by atoms with Crippen LogP contribution in [0, 0.1) is 10.1 Å². The topological polar surface area (TPSA) is 43.1 Å². The summed E-state index contributed by atoms with van der Waals surface area (Å²) in [6.45, 7) is 0. The quantitative estimate of drug-likeness (QED) is 0.464. The summed E-state index contributed by atoms with van der Waals surface area (Å²) in [5, 5.41) is 10.5. The van der Waals surface area contributed by atoms with Crippen LogP contribution in [0.5, 0.6) is 0 Å². The molecule has 0 bridgehead atoms. The molecule has 0 heterocycles. The Kier molecular flexibility index (Phi) is 4.07. The van der Waals surface area contributed by atoms with Crippen molar-refractivity contribution in [1.82, 2.24) is 0 Å². The van der Waals surface area contributed by atoms with Gasteiger partial charge in [0.1, 0.15) is 0 Å². The minimum atomic E-state index is -4.35. The maximum Gasteiger partial charge on any atom is 0.416 e. The van der Waals surface area contributed by atoms with E-state index in [1.165, 1.54) is 24.3 Å². The van der Waals surface area contributed by atoms with Crippen LogP contribution in [0.15, 0.2) is 48.5 Å². The van der Waals surface area contributed by atoms with Crippen molar-refractivity contribution in [2.24, 2.45) is 0 Å². The van der Waals surface area contributed by atoms with Crippen molar-refractivity contribution < 1.29 is 18.1 Å². The molecule has 0 spiro atoms. The highest BCUT2D eigenvalue weighted by Gasteiger charge is 2.29. The largest absolute Gasteiger partial charge is 0.416 e. The lowest BCUT2D eigenvalue weighted by atomic mass is 10.1. The Labute approximate surface area is 118 Å². The van der Waals surface area contributed by atoms with E-state index in [2.05, 4.69) is 0 Å². The van der Waals surface area contributed by atoms with Gasteiger partial charge in [0.05, 0.1) is 10.5 Å². The predicted molar refractivity (Wildman–Crippen MR) is 73.5 cm³/mol. The lowest BCUT2D eigenvalue weighted by molar-refractivity contribution is -0.384. The first-order valence-electron chi connectivity index (χ1n) is 5.96. The molecule has 2 rings (SSSR count). The highest BCUT2D eigenvalue weighted by molar-refractivity contribution is 5.70. The molecule has 0 saturated carbocycles. The smallest absolute Gasteiger partial charge is 0.258 e. The van der Waals surface area contributed by atoms with Crippen LogP contribution in [0.2, 0.25) is 0 Å². The van der Waals surface area contributed by atoms with Crippen LogP contribution < -0.4 is 0 Å². The summed E-state index contributed by atoms with van der Waals surface area (Å²) in [4.78, 5) is 10.0.